The van der Waals surface area contributed by atoms with E-state index in [0.717, 1.165) is 22.6 Å². The normalized spacial score (nSPS) is 26.3. The topological polar surface area (TPSA) is 81.2 Å². The Hall–Kier alpha value is -1.39. The van der Waals surface area contributed by atoms with Crippen LogP contribution in [0.2, 0.25) is 0 Å². The molecule has 0 spiro atoms. The number of nitrogens with one attached hydrogen (secondary N) is 1. The molecule has 3 unspecified atom stereocenters. The zero-order valence-corrected chi connectivity index (χ0v) is 14.9. The first kappa shape index (κ1) is 16.5. The third-order valence-electron chi connectivity index (χ3n) is 3.87. The number of hydrogen-bond donors (Lipinski definition) is 1. The molecule has 1 fully saturated rings. The van der Waals surface area contributed by atoms with Gasteiger partial charge in [0.15, 0.2) is 6.17 Å². The van der Waals surface area contributed by atoms with Crippen LogP contribution in [0.1, 0.15) is 5.56 Å². The van der Waals surface area contributed by atoms with Gasteiger partial charge >= 0.3 is 5.13 Å². The fourth-order valence-electron chi connectivity index (χ4n) is 2.67. The van der Waals surface area contributed by atoms with Crippen molar-refractivity contribution in [3.8, 4) is 0 Å². The first-order valence-corrected chi connectivity index (χ1v) is 9.54. The van der Waals surface area contributed by atoms with Crippen LogP contribution < -0.4 is 9.96 Å². The summed E-state index contributed by atoms with van der Waals surface area (Å²) in [6.07, 6.45) is 1.16. The third kappa shape index (κ3) is 3.15. The fourth-order valence-corrected chi connectivity index (χ4v) is 4.18. The average molecular weight is 353 g/mol. The van der Waals surface area contributed by atoms with Crippen LogP contribution in [0.25, 0.3) is 0 Å². The highest BCUT2D eigenvalue weighted by atomic mass is 32.2. The number of nitrogens with zero attached hydrogens (tertiary/aromatic N) is 4. The van der Waals surface area contributed by atoms with Crippen molar-refractivity contribution >= 4 is 33.0 Å². The average Bonchev–Trinajstić information content (AvgIpc) is 3.08. The molecule has 1 aromatic heterocycles. The van der Waals surface area contributed by atoms with Gasteiger partial charge in [0.2, 0.25) is 4.34 Å². The molecule has 2 heterocycles. The lowest BCUT2D eigenvalue weighted by molar-refractivity contribution is 0.322. The molecule has 3 rings (SSSR count). The number of likely N-dealkylation sites (N-methyl/N-ethyl adjacent to an activating group) is 1. The summed E-state index contributed by atoms with van der Waals surface area (Å²) in [6.45, 7) is 2.89. The Kier molecular flexibility index (Phi) is 4.47. The summed E-state index contributed by atoms with van der Waals surface area (Å²) >= 11 is 1.13. The van der Waals surface area contributed by atoms with Gasteiger partial charge in [0.1, 0.15) is 6.67 Å². The summed E-state index contributed by atoms with van der Waals surface area (Å²) in [6, 6.07) is 7.87. The second-order valence-electron chi connectivity index (χ2n) is 5.76. The highest BCUT2D eigenvalue weighted by Gasteiger charge is 2.43. The summed E-state index contributed by atoms with van der Waals surface area (Å²) < 4.78 is 11.3. The van der Waals surface area contributed by atoms with Crippen LogP contribution >= 0.6 is 11.3 Å². The molecule has 9 heteroatoms. The molecule has 1 aliphatic rings. The predicted octanol–water partition coefficient (Wildman–Crippen LogP) is 1.73. The predicted molar refractivity (Wildman–Crippen MR) is 93.5 cm³/mol. The third-order valence-corrected chi connectivity index (χ3v) is 6.23. The maximum atomic E-state index is 13.4. The number of aromatic nitrogens is 2. The molecule has 0 amide bonds. The van der Waals surface area contributed by atoms with Gasteiger partial charge in [-0.3, -0.25) is 13.8 Å². The van der Waals surface area contributed by atoms with Gasteiger partial charge in [0.25, 0.3) is 0 Å². The van der Waals surface area contributed by atoms with Gasteiger partial charge < -0.3 is 10.5 Å². The Morgan fingerprint density at radius 2 is 2.17 bits per heavy atom. The number of aryl methyl sites for hydroxylation is 1. The lowest BCUT2D eigenvalue weighted by Gasteiger charge is -2.39. The largest absolute Gasteiger partial charge is 0.623 e. The van der Waals surface area contributed by atoms with Crippen molar-refractivity contribution in [3.05, 3.63) is 35.0 Å². The van der Waals surface area contributed by atoms with Crippen LogP contribution in [0.15, 0.2) is 28.6 Å². The molecule has 0 aliphatic carbocycles. The van der Waals surface area contributed by atoms with Crippen molar-refractivity contribution in [2.75, 3.05) is 31.8 Å². The summed E-state index contributed by atoms with van der Waals surface area (Å²) in [4.78, 5) is 1.97. The van der Waals surface area contributed by atoms with Gasteiger partial charge in [-0.1, -0.05) is 23.3 Å². The fraction of sp³-hybridized carbons (Fsp3) is 0.429. The van der Waals surface area contributed by atoms with Crippen molar-refractivity contribution in [2.24, 2.45) is 0 Å². The number of hydroxylamine groups is 2. The second-order valence-corrected chi connectivity index (χ2v) is 8.26. The number of rotatable bonds is 4. The Bertz CT molecular complexity index is 737. The van der Waals surface area contributed by atoms with E-state index in [2.05, 4.69) is 15.5 Å². The molecule has 1 aliphatic heterocycles. The highest BCUT2D eigenvalue weighted by molar-refractivity contribution is 7.86. The SMILES string of the molecule is Cc1ccccc1NC1CN(C)C[N+]1([O-])c1nnc(S(C)=O)s1. The molecular weight excluding hydrogens is 334 g/mol. The Morgan fingerprint density at radius 1 is 1.43 bits per heavy atom. The van der Waals surface area contributed by atoms with E-state index in [0.29, 0.717) is 16.0 Å². The molecule has 1 aromatic carbocycles. The molecule has 23 heavy (non-hydrogen) atoms. The molecule has 1 N–H and O–H groups in total. The molecule has 124 valence electrons. The zero-order valence-electron chi connectivity index (χ0n) is 13.2. The number of anilines is 1. The van der Waals surface area contributed by atoms with Crippen LogP contribution in [-0.2, 0) is 10.8 Å². The van der Waals surface area contributed by atoms with Gasteiger partial charge in [-0.05, 0) is 36.9 Å². The number of benzene rings is 1. The number of quaternary nitrogens is 1. The zero-order chi connectivity index (χ0) is 16.6. The van der Waals surface area contributed by atoms with Gasteiger partial charge in [-0.15, -0.1) is 5.10 Å². The lowest BCUT2D eigenvalue weighted by Crippen LogP contribution is -2.52. The van der Waals surface area contributed by atoms with Crippen molar-refractivity contribution in [2.45, 2.75) is 17.4 Å². The summed E-state index contributed by atoms with van der Waals surface area (Å²) in [5, 5.41) is 25.0. The Balaban J connectivity index is 1.91. The quantitative estimate of drug-likeness (QED) is 0.666. The van der Waals surface area contributed by atoms with E-state index in [4.69, 9.17) is 0 Å². The maximum absolute atomic E-state index is 13.4. The van der Waals surface area contributed by atoms with Crippen LogP contribution in [0.4, 0.5) is 10.8 Å². The molecule has 0 bridgehead atoms. The van der Waals surface area contributed by atoms with E-state index >= 15 is 0 Å². The molecule has 0 radical (unpaired) electrons. The standard InChI is InChI=1S/C14H19N5O2S2/c1-10-6-4-5-7-11(10)15-12-8-18(2)9-19(12,20)13-16-17-14(22-13)23(3)21/h4-7,12,15H,8-9H2,1-3H3. The van der Waals surface area contributed by atoms with Gasteiger partial charge in [0, 0.05) is 11.9 Å². The van der Waals surface area contributed by atoms with Crippen LogP contribution in [0.3, 0.4) is 0 Å². The molecule has 0 saturated carbocycles. The van der Waals surface area contributed by atoms with E-state index in [1.807, 2.05) is 43.1 Å². The summed E-state index contributed by atoms with van der Waals surface area (Å²) in [5.74, 6) is 0. The summed E-state index contributed by atoms with van der Waals surface area (Å²) in [7, 11) is 0.681. The first-order valence-electron chi connectivity index (χ1n) is 7.17. The van der Waals surface area contributed by atoms with Crippen LogP contribution in [-0.4, -0.2) is 52.0 Å². The smallest absolute Gasteiger partial charge is 0.310 e. The highest BCUT2D eigenvalue weighted by Crippen LogP contribution is 2.34. The van der Waals surface area contributed by atoms with Crippen LogP contribution in [0, 0.1) is 12.1 Å². The van der Waals surface area contributed by atoms with Crippen LogP contribution in [0.5, 0.6) is 0 Å². The minimum absolute atomic E-state index is 0.286. The van der Waals surface area contributed by atoms with E-state index in [9.17, 15) is 9.42 Å². The van der Waals surface area contributed by atoms with Gasteiger partial charge in [-0.25, -0.2) is 0 Å². The molecular formula is C14H19N5O2S2. The number of hydrogen-bond acceptors (Lipinski definition) is 7. The van der Waals surface area contributed by atoms with Crippen molar-refractivity contribution < 1.29 is 4.21 Å². The van der Waals surface area contributed by atoms with E-state index in [1.54, 1.807) is 6.26 Å². The lowest BCUT2D eigenvalue weighted by atomic mass is 10.2. The van der Waals surface area contributed by atoms with E-state index in [-0.39, 0.29) is 12.8 Å². The monoisotopic (exact) mass is 353 g/mol. The first-order chi connectivity index (χ1) is 10.9. The molecule has 3 atom stereocenters. The van der Waals surface area contributed by atoms with Crippen molar-refractivity contribution in [3.63, 3.8) is 0 Å². The minimum atomic E-state index is -1.23. The Morgan fingerprint density at radius 3 is 2.83 bits per heavy atom. The van der Waals surface area contributed by atoms with Crippen molar-refractivity contribution in [1.29, 1.82) is 0 Å². The minimum Gasteiger partial charge on any atom is -0.623 e. The maximum Gasteiger partial charge on any atom is 0.310 e. The molecule has 2 aromatic rings. The Labute approximate surface area is 141 Å². The van der Waals surface area contributed by atoms with E-state index in [1.165, 1.54) is 0 Å². The second kappa shape index (κ2) is 6.25. The summed E-state index contributed by atoms with van der Waals surface area (Å²) in [5.41, 5.74) is 2.02. The molecule has 1 saturated heterocycles. The molecule has 7 nitrogen and oxygen atoms in total. The van der Waals surface area contributed by atoms with Gasteiger partial charge in [-0.2, -0.15) is 0 Å². The van der Waals surface area contributed by atoms with Crippen molar-refractivity contribution in [1.82, 2.24) is 19.7 Å². The number of para-hydroxylation sites is 1. The van der Waals surface area contributed by atoms with Gasteiger partial charge in [0.05, 0.1) is 17.3 Å². The van der Waals surface area contributed by atoms with E-state index < -0.39 is 15.4 Å².